The molecule has 0 saturated carbocycles. The van der Waals surface area contributed by atoms with Crippen molar-refractivity contribution in [2.24, 2.45) is 0 Å². The summed E-state index contributed by atoms with van der Waals surface area (Å²) in [5.41, 5.74) is 0.301. The lowest BCUT2D eigenvalue weighted by Crippen LogP contribution is -2.38. The van der Waals surface area contributed by atoms with Gasteiger partial charge in [0, 0.05) is 32.9 Å². The molecule has 174 valence electrons. The van der Waals surface area contributed by atoms with E-state index in [4.69, 9.17) is 21.1 Å². The minimum absolute atomic E-state index is 0.0533. The molecule has 0 aliphatic rings. The van der Waals surface area contributed by atoms with Crippen molar-refractivity contribution in [3.63, 3.8) is 0 Å². The predicted molar refractivity (Wildman–Crippen MR) is 122 cm³/mol. The molecular formula is C21H26ClN3O6S. The van der Waals surface area contributed by atoms with Crippen LogP contribution in [0.2, 0.25) is 5.02 Å². The zero-order valence-corrected chi connectivity index (χ0v) is 19.6. The molecule has 0 radical (unpaired) electrons. The third kappa shape index (κ3) is 6.84. The molecule has 0 spiro atoms. The number of carbonyl (C=O) groups excluding carboxylic acids is 2. The quantitative estimate of drug-likeness (QED) is 0.474. The molecule has 0 heterocycles. The molecule has 2 amide bonds. The summed E-state index contributed by atoms with van der Waals surface area (Å²) in [4.78, 5) is 25.7. The fourth-order valence-electron chi connectivity index (χ4n) is 2.78. The molecule has 0 aliphatic carbocycles. The normalized spacial score (nSPS) is 11.0. The Morgan fingerprint density at radius 2 is 1.84 bits per heavy atom. The van der Waals surface area contributed by atoms with E-state index in [1.165, 1.54) is 43.3 Å². The zero-order chi connectivity index (χ0) is 23.7. The van der Waals surface area contributed by atoms with Gasteiger partial charge < -0.3 is 19.7 Å². The van der Waals surface area contributed by atoms with Crippen molar-refractivity contribution < 1.29 is 27.5 Å². The Morgan fingerprint density at radius 3 is 2.53 bits per heavy atom. The van der Waals surface area contributed by atoms with Crippen molar-refractivity contribution >= 4 is 39.1 Å². The van der Waals surface area contributed by atoms with Gasteiger partial charge in [0.05, 0.1) is 24.4 Å². The highest BCUT2D eigenvalue weighted by molar-refractivity contribution is 7.92. The Kier molecular flexibility index (Phi) is 9.30. The summed E-state index contributed by atoms with van der Waals surface area (Å²) in [5, 5.41) is 2.63. The second-order valence-electron chi connectivity index (χ2n) is 6.81. The number of likely N-dealkylation sites (N-methyl/N-ethyl adjacent to an activating group) is 1. The minimum Gasteiger partial charge on any atom is -0.495 e. The van der Waals surface area contributed by atoms with Crippen LogP contribution in [0.4, 0.5) is 5.69 Å². The number of amides is 2. The van der Waals surface area contributed by atoms with Crippen LogP contribution in [-0.2, 0) is 19.6 Å². The third-order valence-electron chi connectivity index (χ3n) is 4.39. The van der Waals surface area contributed by atoms with Gasteiger partial charge >= 0.3 is 0 Å². The standard InChI is InChI=1S/C21H26ClN3O6S/c1-25(14-20(26)23-11-6-12-30-2)21(27)15-9-10-16(22)19(13-15)32(28,29)24-17-7-4-5-8-18(17)31-3/h4-5,7-10,13,24H,6,11-12,14H2,1-3H3,(H,23,26). The number of sulfonamides is 1. The van der Waals surface area contributed by atoms with Gasteiger partial charge in [0.25, 0.3) is 15.9 Å². The summed E-state index contributed by atoms with van der Waals surface area (Å²) >= 11 is 6.12. The van der Waals surface area contributed by atoms with Gasteiger partial charge in [0.1, 0.15) is 10.6 Å². The number of anilines is 1. The number of para-hydroxylation sites is 2. The molecule has 0 fully saturated rings. The molecule has 11 heteroatoms. The Hall–Kier alpha value is -2.82. The molecule has 0 bridgehead atoms. The van der Waals surface area contributed by atoms with Crippen molar-refractivity contribution in [2.45, 2.75) is 11.3 Å². The number of rotatable bonds is 11. The van der Waals surface area contributed by atoms with Crippen molar-refractivity contribution in [1.29, 1.82) is 0 Å². The highest BCUT2D eigenvalue weighted by atomic mass is 35.5. The lowest BCUT2D eigenvalue weighted by atomic mass is 10.2. The van der Waals surface area contributed by atoms with Crippen molar-refractivity contribution in [3.8, 4) is 5.75 Å². The van der Waals surface area contributed by atoms with Crippen LogP contribution in [0, 0.1) is 0 Å². The van der Waals surface area contributed by atoms with Gasteiger partial charge in [-0.1, -0.05) is 23.7 Å². The second-order valence-corrected chi connectivity index (χ2v) is 8.87. The fraction of sp³-hybridized carbons (Fsp3) is 0.333. The van der Waals surface area contributed by atoms with Gasteiger partial charge in [-0.05, 0) is 36.8 Å². The average Bonchev–Trinajstić information content (AvgIpc) is 2.76. The Labute approximate surface area is 192 Å². The van der Waals surface area contributed by atoms with Crippen molar-refractivity contribution in [3.05, 3.63) is 53.1 Å². The van der Waals surface area contributed by atoms with E-state index >= 15 is 0 Å². The zero-order valence-electron chi connectivity index (χ0n) is 18.1. The predicted octanol–water partition coefficient (Wildman–Crippen LogP) is 2.37. The Balaban J connectivity index is 2.17. The first kappa shape index (κ1) is 25.4. The van der Waals surface area contributed by atoms with Gasteiger partial charge in [-0.15, -0.1) is 0 Å². The van der Waals surface area contributed by atoms with Crippen LogP contribution in [0.3, 0.4) is 0 Å². The molecular weight excluding hydrogens is 458 g/mol. The van der Waals surface area contributed by atoms with E-state index in [-0.39, 0.29) is 33.6 Å². The lowest BCUT2D eigenvalue weighted by Gasteiger charge is -2.18. The van der Waals surface area contributed by atoms with Gasteiger partial charge in [-0.2, -0.15) is 0 Å². The van der Waals surface area contributed by atoms with Crippen LogP contribution < -0.4 is 14.8 Å². The van der Waals surface area contributed by atoms with Crippen LogP contribution in [0.25, 0.3) is 0 Å². The maximum absolute atomic E-state index is 12.9. The molecule has 2 rings (SSSR count). The van der Waals surface area contributed by atoms with E-state index in [2.05, 4.69) is 10.0 Å². The smallest absolute Gasteiger partial charge is 0.263 e. The van der Waals surface area contributed by atoms with Crippen molar-refractivity contribution in [2.75, 3.05) is 45.7 Å². The number of benzene rings is 2. The molecule has 0 unspecified atom stereocenters. The molecule has 2 N–H and O–H groups in total. The Morgan fingerprint density at radius 1 is 1.12 bits per heavy atom. The topological polar surface area (TPSA) is 114 Å². The number of methoxy groups -OCH3 is 2. The Bertz CT molecular complexity index is 1060. The number of nitrogens with one attached hydrogen (secondary N) is 2. The van der Waals surface area contributed by atoms with E-state index in [1.807, 2.05) is 0 Å². The number of carbonyl (C=O) groups is 2. The lowest BCUT2D eigenvalue weighted by molar-refractivity contribution is -0.121. The molecule has 0 atom stereocenters. The fourth-order valence-corrected chi connectivity index (χ4v) is 4.38. The monoisotopic (exact) mass is 483 g/mol. The third-order valence-corrected chi connectivity index (χ3v) is 6.24. The highest BCUT2D eigenvalue weighted by Gasteiger charge is 2.23. The number of hydrogen-bond acceptors (Lipinski definition) is 6. The largest absolute Gasteiger partial charge is 0.495 e. The summed E-state index contributed by atoms with van der Waals surface area (Å²) in [6.07, 6.45) is 0.650. The van der Waals surface area contributed by atoms with Crippen molar-refractivity contribution in [1.82, 2.24) is 10.2 Å². The van der Waals surface area contributed by atoms with Crippen LogP contribution in [-0.4, -0.2) is 66.1 Å². The van der Waals surface area contributed by atoms with E-state index in [9.17, 15) is 18.0 Å². The number of nitrogens with zero attached hydrogens (tertiary/aromatic N) is 1. The van der Waals surface area contributed by atoms with Gasteiger partial charge in [-0.3, -0.25) is 14.3 Å². The van der Waals surface area contributed by atoms with Gasteiger partial charge in [-0.25, -0.2) is 8.42 Å². The summed E-state index contributed by atoms with van der Waals surface area (Å²) in [6.45, 7) is 0.753. The van der Waals surface area contributed by atoms with Crippen LogP contribution in [0.1, 0.15) is 16.8 Å². The van der Waals surface area contributed by atoms with Crippen LogP contribution >= 0.6 is 11.6 Å². The molecule has 0 aliphatic heterocycles. The van der Waals surface area contributed by atoms with E-state index in [1.54, 1.807) is 25.3 Å². The summed E-state index contributed by atoms with van der Waals surface area (Å²) in [6, 6.07) is 10.4. The van der Waals surface area contributed by atoms with Gasteiger partial charge in [0.15, 0.2) is 0 Å². The number of ether oxygens (including phenoxy) is 2. The number of hydrogen-bond donors (Lipinski definition) is 2. The number of halogens is 1. The average molecular weight is 484 g/mol. The van der Waals surface area contributed by atoms with Gasteiger partial charge in [0.2, 0.25) is 5.91 Å². The van der Waals surface area contributed by atoms with Crippen LogP contribution in [0.15, 0.2) is 47.4 Å². The van der Waals surface area contributed by atoms with E-state index < -0.39 is 15.9 Å². The molecule has 0 aromatic heterocycles. The first-order chi connectivity index (χ1) is 15.2. The molecule has 2 aromatic rings. The summed E-state index contributed by atoms with van der Waals surface area (Å²) < 4.78 is 38.4. The second kappa shape index (κ2) is 11.7. The molecule has 32 heavy (non-hydrogen) atoms. The molecule has 0 saturated heterocycles. The molecule has 9 nitrogen and oxygen atoms in total. The maximum Gasteiger partial charge on any atom is 0.263 e. The van der Waals surface area contributed by atoms with E-state index in [0.717, 1.165) is 0 Å². The van der Waals surface area contributed by atoms with Crippen LogP contribution in [0.5, 0.6) is 5.75 Å². The first-order valence-corrected chi connectivity index (χ1v) is 11.5. The highest BCUT2D eigenvalue weighted by Crippen LogP contribution is 2.29. The maximum atomic E-state index is 12.9. The summed E-state index contributed by atoms with van der Waals surface area (Å²) in [7, 11) is 0.318. The van der Waals surface area contributed by atoms with E-state index in [0.29, 0.717) is 25.3 Å². The first-order valence-electron chi connectivity index (χ1n) is 9.66. The summed E-state index contributed by atoms with van der Waals surface area (Å²) in [5.74, 6) is -0.533. The SMILES string of the molecule is COCCCNC(=O)CN(C)C(=O)c1ccc(Cl)c(S(=O)(=O)Nc2ccccc2OC)c1. The molecule has 2 aromatic carbocycles. The minimum atomic E-state index is -4.12.